The van der Waals surface area contributed by atoms with Gasteiger partial charge in [0.15, 0.2) is 0 Å². The van der Waals surface area contributed by atoms with Crippen LogP contribution in [0, 0.1) is 58.2 Å². The first kappa shape index (κ1) is 31.6. The lowest BCUT2D eigenvalue weighted by atomic mass is 9.51. The van der Waals surface area contributed by atoms with Gasteiger partial charge in [0.1, 0.15) is 0 Å². The highest BCUT2D eigenvalue weighted by atomic mass is 19.4. The summed E-state index contributed by atoms with van der Waals surface area (Å²) in [7, 11) is 0. The van der Waals surface area contributed by atoms with E-state index in [4.69, 9.17) is 0 Å². The van der Waals surface area contributed by atoms with Crippen molar-refractivity contribution in [2.45, 2.75) is 108 Å². The molecule has 6 heteroatoms. The van der Waals surface area contributed by atoms with Gasteiger partial charge in [-0.05, 0) is 47.3 Å². The Hall–Kier alpha value is -0.420. The van der Waals surface area contributed by atoms with Crippen LogP contribution in [0.3, 0.4) is 0 Å². The lowest BCUT2D eigenvalue weighted by molar-refractivity contribution is -0.292. The SMILES string of the molecule is CCC(CC)[C@@](C)(C(C(C)C)C(C)C(C)C(C)(C(C(C)C)C(C)C)C(F)(F)F)C(F)(F)F. The molecule has 0 bridgehead atoms. The van der Waals surface area contributed by atoms with Gasteiger partial charge in [-0.15, -0.1) is 0 Å². The van der Waals surface area contributed by atoms with Gasteiger partial charge in [-0.25, -0.2) is 0 Å². The molecule has 32 heavy (non-hydrogen) atoms. The van der Waals surface area contributed by atoms with E-state index in [0.717, 1.165) is 0 Å². The third-order valence-electron chi connectivity index (χ3n) is 8.90. The molecule has 0 aromatic heterocycles. The van der Waals surface area contributed by atoms with Crippen molar-refractivity contribution >= 4 is 0 Å². The minimum Gasteiger partial charge on any atom is -0.170 e. The Morgan fingerprint density at radius 2 is 0.844 bits per heavy atom. The first-order valence-corrected chi connectivity index (χ1v) is 12.3. The summed E-state index contributed by atoms with van der Waals surface area (Å²) < 4.78 is 88.3. The molecule has 0 aromatic carbocycles. The van der Waals surface area contributed by atoms with Crippen LogP contribution in [0.25, 0.3) is 0 Å². The maximum Gasteiger partial charge on any atom is 0.394 e. The first-order chi connectivity index (χ1) is 14.2. The van der Waals surface area contributed by atoms with Crippen LogP contribution in [-0.2, 0) is 0 Å². The molecule has 194 valence electrons. The normalized spacial score (nSPS) is 20.7. The van der Waals surface area contributed by atoms with Gasteiger partial charge in [0.05, 0.1) is 10.8 Å². The van der Waals surface area contributed by atoms with Crippen molar-refractivity contribution < 1.29 is 26.3 Å². The number of hydrogen-bond acceptors (Lipinski definition) is 0. The molecule has 0 amide bonds. The monoisotopic (exact) mass is 474 g/mol. The maximum absolute atomic E-state index is 14.7. The lowest BCUT2D eigenvalue weighted by Crippen LogP contribution is -2.57. The molecule has 4 unspecified atom stereocenters. The van der Waals surface area contributed by atoms with E-state index in [0.29, 0.717) is 12.8 Å². The molecule has 0 aliphatic rings. The first-order valence-electron chi connectivity index (χ1n) is 12.3. The van der Waals surface area contributed by atoms with Gasteiger partial charge >= 0.3 is 12.4 Å². The fourth-order valence-corrected chi connectivity index (χ4v) is 7.44. The van der Waals surface area contributed by atoms with E-state index >= 15 is 0 Å². The van der Waals surface area contributed by atoms with E-state index in [2.05, 4.69) is 0 Å². The quantitative estimate of drug-likeness (QED) is 0.261. The zero-order valence-electron chi connectivity index (χ0n) is 22.3. The average molecular weight is 475 g/mol. The van der Waals surface area contributed by atoms with E-state index in [1.807, 2.05) is 0 Å². The van der Waals surface area contributed by atoms with Crippen molar-refractivity contribution in [2.24, 2.45) is 58.2 Å². The predicted molar refractivity (Wildman–Crippen MR) is 122 cm³/mol. The van der Waals surface area contributed by atoms with Gasteiger partial charge in [-0.1, -0.05) is 95.9 Å². The highest BCUT2D eigenvalue weighted by Gasteiger charge is 2.65. The zero-order valence-corrected chi connectivity index (χ0v) is 22.3. The van der Waals surface area contributed by atoms with Crippen LogP contribution in [0.1, 0.15) is 95.9 Å². The molecule has 0 rings (SSSR count). The van der Waals surface area contributed by atoms with Crippen molar-refractivity contribution in [3.8, 4) is 0 Å². The Kier molecular flexibility index (Phi) is 10.7. The average Bonchev–Trinajstić information content (AvgIpc) is 2.58. The van der Waals surface area contributed by atoms with Crippen LogP contribution in [0.2, 0.25) is 0 Å². The second kappa shape index (κ2) is 10.9. The Balaban J connectivity index is 6.93. The number of hydrogen-bond donors (Lipinski definition) is 0. The Bertz CT molecular complexity index is 550. The van der Waals surface area contributed by atoms with Crippen molar-refractivity contribution in [3.05, 3.63) is 0 Å². The fourth-order valence-electron chi connectivity index (χ4n) is 7.44. The minimum absolute atomic E-state index is 0.248. The molecule has 0 aromatic rings. The van der Waals surface area contributed by atoms with E-state index in [9.17, 15) is 26.3 Å². The molecule has 0 fully saturated rings. The summed E-state index contributed by atoms with van der Waals surface area (Å²) in [6.45, 7) is 19.8. The van der Waals surface area contributed by atoms with Gasteiger partial charge in [-0.3, -0.25) is 0 Å². The van der Waals surface area contributed by atoms with Crippen LogP contribution in [0.15, 0.2) is 0 Å². The predicted octanol–water partition coefficient (Wildman–Crippen LogP) is 10.0. The standard InChI is InChI=1S/C26H48F6/c1-13-20(14-2)24(12,26(30,31)32)22(17(7)8)18(9)19(10)23(11,25(27,28)29)21(15(3)4)16(5)6/h15-22H,13-14H2,1-12H3/t18?,19?,22?,23?,24-/m0/s1. The fraction of sp³-hybridized carbons (Fsp3) is 1.00. The maximum atomic E-state index is 14.7. The van der Waals surface area contributed by atoms with Gasteiger partial charge in [-0.2, -0.15) is 26.3 Å². The second-order valence-corrected chi connectivity index (χ2v) is 11.5. The van der Waals surface area contributed by atoms with Crippen molar-refractivity contribution in [2.75, 3.05) is 0 Å². The van der Waals surface area contributed by atoms with Crippen LogP contribution >= 0.6 is 0 Å². The van der Waals surface area contributed by atoms with Crippen molar-refractivity contribution in [1.29, 1.82) is 0 Å². The molecule has 5 atom stereocenters. The van der Waals surface area contributed by atoms with Crippen LogP contribution in [0.4, 0.5) is 26.3 Å². The molecular formula is C26H48F6. The summed E-state index contributed by atoms with van der Waals surface area (Å²) in [6.07, 6.45) is -8.34. The van der Waals surface area contributed by atoms with E-state index in [1.165, 1.54) is 20.8 Å². The highest BCUT2D eigenvalue weighted by Crippen LogP contribution is 2.62. The van der Waals surface area contributed by atoms with Gasteiger partial charge in [0, 0.05) is 0 Å². The minimum atomic E-state index is -4.52. The van der Waals surface area contributed by atoms with Gasteiger partial charge in [0.2, 0.25) is 0 Å². The van der Waals surface area contributed by atoms with Gasteiger partial charge in [0.25, 0.3) is 0 Å². The summed E-state index contributed by atoms with van der Waals surface area (Å²) in [5, 5.41) is 0. The summed E-state index contributed by atoms with van der Waals surface area (Å²) in [6, 6.07) is 0. The van der Waals surface area contributed by atoms with Crippen LogP contribution in [0.5, 0.6) is 0 Å². The number of alkyl halides is 6. The Morgan fingerprint density at radius 1 is 0.531 bits per heavy atom. The molecule has 0 saturated heterocycles. The largest absolute Gasteiger partial charge is 0.394 e. The van der Waals surface area contributed by atoms with Crippen molar-refractivity contribution in [3.63, 3.8) is 0 Å². The molecule has 0 aliphatic heterocycles. The smallest absolute Gasteiger partial charge is 0.170 e. The highest BCUT2D eigenvalue weighted by molar-refractivity contribution is 5.02. The molecule has 0 saturated carbocycles. The summed E-state index contributed by atoms with van der Waals surface area (Å²) in [5.41, 5.74) is -4.15. The van der Waals surface area contributed by atoms with Crippen LogP contribution in [-0.4, -0.2) is 12.4 Å². The molecular weight excluding hydrogens is 426 g/mol. The lowest BCUT2D eigenvalue weighted by Gasteiger charge is -2.55. The second-order valence-electron chi connectivity index (χ2n) is 11.5. The Morgan fingerprint density at radius 3 is 1.06 bits per heavy atom. The van der Waals surface area contributed by atoms with Gasteiger partial charge < -0.3 is 0 Å². The van der Waals surface area contributed by atoms with E-state index < -0.39 is 58.7 Å². The molecule has 0 radical (unpaired) electrons. The molecule has 0 spiro atoms. The van der Waals surface area contributed by atoms with Crippen LogP contribution < -0.4 is 0 Å². The van der Waals surface area contributed by atoms with E-state index in [-0.39, 0.29) is 11.8 Å². The third kappa shape index (κ3) is 5.62. The van der Waals surface area contributed by atoms with E-state index in [1.54, 1.807) is 62.3 Å². The summed E-state index contributed by atoms with van der Waals surface area (Å²) in [4.78, 5) is 0. The zero-order chi connectivity index (χ0) is 26.0. The number of halogens is 6. The topological polar surface area (TPSA) is 0 Å². The number of rotatable bonds is 11. The Labute approximate surface area is 193 Å². The molecule has 0 aliphatic carbocycles. The molecule has 0 nitrogen and oxygen atoms in total. The van der Waals surface area contributed by atoms with Crippen molar-refractivity contribution in [1.82, 2.24) is 0 Å². The molecule has 0 heterocycles. The third-order valence-corrected chi connectivity index (χ3v) is 8.90. The summed E-state index contributed by atoms with van der Waals surface area (Å²) in [5.74, 6) is -4.92. The molecule has 0 N–H and O–H groups in total. The summed E-state index contributed by atoms with van der Waals surface area (Å²) >= 11 is 0.